The number of halogens is 1. The van der Waals surface area contributed by atoms with Crippen LogP contribution < -0.4 is 10.2 Å². The van der Waals surface area contributed by atoms with Crippen LogP contribution in [0.4, 0.5) is 11.6 Å². The van der Waals surface area contributed by atoms with Gasteiger partial charge >= 0.3 is 0 Å². The quantitative estimate of drug-likeness (QED) is 0.434. The molecule has 2 N–H and O–H groups in total. The van der Waals surface area contributed by atoms with Gasteiger partial charge in [-0.1, -0.05) is 17.7 Å². The molecular weight excluding hydrogens is 466 g/mol. The maximum atomic E-state index is 11.9. The molecule has 1 aliphatic heterocycles. The SMILES string of the molecule is CC(Nc1ncnc2nc[nH]c12)c1nc(N2CCN(S(C)(=O)=O)CC2)c2c(Cl)cccc2n1. The van der Waals surface area contributed by atoms with Gasteiger partial charge in [0.15, 0.2) is 17.3 Å². The zero-order chi connectivity index (χ0) is 23.2. The average Bonchev–Trinajstić information content (AvgIpc) is 3.28. The molecule has 0 saturated carbocycles. The lowest BCUT2D eigenvalue weighted by Gasteiger charge is -2.34. The third-order valence-corrected chi connectivity index (χ3v) is 7.26. The molecule has 33 heavy (non-hydrogen) atoms. The number of fused-ring (bicyclic) bond motifs is 2. The minimum absolute atomic E-state index is 0.286. The number of sulfonamides is 1. The van der Waals surface area contributed by atoms with Gasteiger partial charge in [0, 0.05) is 26.2 Å². The number of hydrogen-bond acceptors (Lipinski definition) is 9. The first-order valence-corrected chi connectivity index (χ1v) is 12.6. The first-order chi connectivity index (χ1) is 15.8. The van der Waals surface area contributed by atoms with Crippen LogP contribution in [-0.4, -0.2) is 75.1 Å². The van der Waals surface area contributed by atoms with Crippen molar-refractivity contribution in [1.82, 2.24) is 34.2 Å². The summed E-state index contributed by atoms with van der Waals surface area (Å²) >= 11 is 6.54. The van der Waals surface area contributed by atoms with E-state index in [4.69, 9.17) is 21.6 Å². The molecule has 0 aliphatic carbocycles. The van der Waals surface area contributed by atoms with E-state index in [1.54, 1.807) is 12.4 Å². The van der Waals surface area contributed by atoms with Gasteiger partial charge in [-0.15, -0.1) is 0 Å². The molecule has 0 radical (unpaired) electrons. The van der Waals surface area contributed by atoms with E-state index in [1.807, 2.05) is 19.1 Å². The lowest BCUT2D eigenvalue weighted by atomic mass is 10.2. The first kappa shape index (κ1) is 21.7. The fraction of sp³-hybridized carbons (Fsp3) is 0.350. The molecule has 0 amide bonds. The molecule has 13 heteroatoms. The lowest BCUT2D eigenvalue weighted by Crippen LogP contribution is -2.48. The van der Waals surface area contributed by atoms with Crippen molar-refractivity contribution in [3.8, 4) is 0 Å². The molecule has 0 bridgehead atoms. The van der Waals surface area contributed by atoms with Gasteiger partial charge in [-0.3, -0.25) is 0 Å². The van der Waals surface area contributed by atoms with E-state index in [0.29, 0.717) is 59.8 Å². The second-order valence-corrected chi connectivity index (χ2v) is 10.3. The lowest BCUT2D eigenvalue weighted by molar-refractivity contribution is 0.387. The summed E-state index contributed by atoms with van der Waals surface area (Å²) in [4.78, 5) is 27.3. The number of piperazine rings is 1. The van der Waals surface area contributed by atoms with Crippen molar-refractivity contribution in [3.63, 3.8) is 0 Å². The topological polar surface area (TPSA) is 133 Å². The van der Waals surface area contributed by atoms with E-state index in [2.05, 4.69) is 30.2 Å². The summed E-state index contributed by atoms with van der Waals surface area (Å²) in [6.45, 7) is 3.73. The normalized spacial score (nSPS) is 16.4. The molecule has 3 aromatic heterocycles. The van der Waals surface area contributed by atoms with E-state index in [9.17, 15) is 8.42 Å². The number of imidazole rings is 1. The summed E-state index contributed by atoms with van der Waals surface area (Å²) in [7, 11) is -3.23. The number of aromatic nitrogens is 6. The number of rotatable bonds is 5. The molecule has 172 valence electrons. The first-order valence-electron chi connectivity index (χ1n) is 10.4. The fourth-order valence-corrected chi connectivity index (χ4v) is 5.02. The van der Waals surface area contributed by atoms with E-state index < -0.39 is 10.0 Å². The van der Waals surface area contributed by atoms with E-state index in [0.717, 1.165) is 10.9 Å². The number of nitrogens with zero attached hydrogens (tertiary/aromatic N) is 7. The Balaban J connectivity index is 1.51. The number of aromatic amines is 1. The summed E-state index contributed by atoms with van der Waals surface area (Å²) in [5.74, 6) is 1.86. The van der Waals surface area contributed by atoms with Gasteiger partial charge in [-0.2, -0.15) is 4.31 Å². The van der Waals surface area contributed by atoms with Crippen molar-refractivity contribution in [2.45, 2.75) is 13.0 Å². The smallest absolute Gasteiger partial charge is 0.211 e. The molecular formula is C20H22ClN9O2S. The number of anilines is 2. The molecule has 1 fully saturated rings. The second kappa shape index (κ2) is 8.36. The van der Waals surface area contributed by atoms with Crippen molar-refractivity contribution >= 4 is 55.3 Å². The molecule has 11 nitrogen and oxygen atoms in total. The predicted octanol–water partition coefficient (Wildman–Crippen LogP) is 2.20. The molecule has 1 unspecified atom stereocenters. The van der Waals surface area contributed by atoms with Crippen molar-refractivity contribution in [1.29, 1.82) is 0 Å². The molecule has 1 aliphatic rings. The highest BCUT2D eigenvalue weighted by Crippen LogP contribution is 2.33. The summed E-state index contributed by atoms with van der Waals surface area (Å²) in [5.41, 5.74) is 1.98. The Kier molecular flexibility index (Phi) is 5.51. The van der Waals surface area contributed by atoms with Crippen molar-refractivity contribution in [2.75, 3.05) is 42.7 Å². The third kappa shape index (κ3) is 4.16. The number of benzene rings is 1. The Hall–Kier alpha value is -3.09. The van der Waals surface area contributed by atoms with Gasteiger partial charge in [0.05, 0.1) is 34.6 Å². The Morgan fingerprint density at radius 2 is 1.91 bits per heavy atom. The highest BCUT2D eigenvalue weighted by Gasteiger charge is 2.27. The van der Waals surface area contributed by atoms with Gasteiger partial charge in [0.2, 0.25) is 10.0 Å². The molecule has 5 rings (SSSR count). The standard InChI is InChI=1S/C20H22ClN9O2S/c1-12(26-19-16-18(23-10-22-16)24-11-25-19)17-27-14-5-3-4-13(21)15(14)20(28-17)29-6-8-30(9-7-29)33(2,31)32/h3-5,10-12H,6-9H2,1-2H3,(H2,22,23,24,25,26). The molecule has 4 aromatic rings. The van der Waals surface area contributed by atoms with E-state index in [1.165, 1.54) is 16.9 Å². The summed E-state index contributed by atoms with van der Waals surface area (Å²) in [5, 5.41) is 4.64. The zero-order valence-corrected chi connectivity index (χ0v) is 19.6. The van der Waals surface area contributed by atoms with Gasteiger partial charge in [-0.05, 0) is 19.1 Å². The predicted molar refractivity (Wildman–Crippen MR) is 127 cm³/mol. The maximum absolute atomic E-state index is 11.9. The van der Waals surface area contributed by atoms with Crippen LogP contribution in [-0.2, 0) is 10.0 Å². The Labute approximate surface area is 195 Å². The molecule has 1 aromatic carbocycles. The zero-order valence-electron chi connectivity index (χ0n) is 18.0. The largest absolute Gasteiger partial charge is 0.358 e. The van der Waals surface area contributed by atoms with Gasteiger partial charge in [-0.25, -0.2) is 33.3 Å². The number of H-pyrrole nitrogens is 1. The number of hydrogen-bond donors (Lipinski definition) is 2. The Morgan fingerprint density at radius 1 is 1.12 bits per heavy atom. The van der Waals surface area contributed by atoms with Crippen molar-refractivity contribution in [2.24, 2.45) is 0 Å². The molecule has 0 spiro atoms. The van der Waals surface area contributed by atoms with Gasteiger partial charge in [0.25, 0.3) is 0 Å². The molecule has 1 saturated heterocycles. The highest BCUT2D eigenvalue weighted by atomic mass is 35.5. The van der Waals surface area contributed by atoms with E-state index in [-0.39, 0.29) is 6.04 Å². The monoisotopic (exact) mass is 487 g/mol. The van der Waals surface area contributed by atoms with Crippen LogP contribution in [0.25, 0.3) is 22.1 Å². The van der Waals surface area contributed by atoms with Crippen molar-refractivity contribution in [3.05, 3.63) is 41.7 Å². The summed E-state index contributed by atoms with van der Waals surface area (Å²) in [6.07, 6.45) is 4.25. The average molecular weight is 488 g/mol. The maximum Gasteiger partial charge on any atom is 0.211 e. The summed E-state index contributed by atoms with van der Waals surface area (Å²) in [6, 6.07) is 5.27. The van der Waals surface area contributed by atoms with Gasteiger partial charge < -0.3 is 15.2 Å². The molecule has 4 heterocycles. The van der Waals surface area contributed by atoms with Crippen LogP contribution in [0.15, 0.2) is 30.9 Å². The van der Waals surface area contributed by atoms with Crippen LogP contribution in [0.2, 0.25) is 5.02 Å². The number of nitrogens with one attached hydrogen (secondary N) is 2. The third-order valence-electron chi connectivity index (χ3n) is 5.64. The van der Waals surface area contributed by atoms with Crippen LogP contribution in [0.1, 0.15) is 18.8 Å². The summed E-state index contributed by atoms with van der Waals surface area (Å²) < 4.78 is 25.3. The minimum Gasteiger partial charge on any atom is -0.358 e. The Morgan fingerprint density at radius 3 is 2.67 bits per heavy atom. The van der Waals surface area contributed by atoms with Gasteiger partial charge in [0.1, 0.15) is 17.7 Å². The van der Waals surface area contributed by atoms with Crippen molar-refractivity contribution < 1.29 is 8.42 Å². The van der Waals surface area contributed by atoms with Crippen LogP contribution in [0.3, 0.4) is 0 Å². The van der Waals surface area contributed by atoms with Crippen LogP contribution >= 0.6 is 11.6 Å². The fourth-order valence-electron chi connectivity index (χ4n) is 3.94. The van der Waals surface area contributed by atoms with Crippen LogP contribution in [0, 0.1) is 0 Å². The minimum atomic E-state index is -3.23. The Bertz CT molecular complexity index is 1430. The van der Waals surface area contributed by atoms with Crippen LogP contribution in [0.5, 0.6) is 0 Å². The van der Waals surface area contributed by atoms with E-state index >= 15 is 0 Å². The molecule has 1 atom stereocenters. The highest BCUT2D eigenvalue weighted by molar-refractivity contribution is 7.88. The second-order valence-electron chi connectivity index (χ2n) is 7.88.